The Kier molecular flexibility index (Phi) is 2.93. The third-order valence-electron chi connectivity index (χ3n) is 3.75. The van der Waals surface area contributed by atoms with Crippen LogP contribution in [0.4, 0.5) is 11.6 Å². The first-order valence-electron chi connectivity index (χ1n) is 6.58. The highest BCUT2D eigenvalue weighted by molar-refractivity contribution is 5.84. The van der Waals surface area contributed by atoms with Crippen LogP contribution in [0.25, 0.3) is 0 Å². The van der Waals surface area contributed by atoms with E-state index in [0.717, 1.165) is 43.3 Å². The van der Waals surface area contributed by atoms with E-state index < -0.39 is 0 Å². The molecule has 0 radical (unpaired) electrons. The first-order valence-corrected chi connectivity index (χ1v) is 6.58. The number of pyridine rings is 1. The van der Waals surface area contributed by atoms with E-state index >= 15 is 0 Å². The lowest BCUT2D eigenvalue weighted by atomic mass is 10.2. The molecule has 3 heterocycles. The standard InChI is InChI=1S/C13H18N4O2/c1-16-7-8-19-10-4-5-11(15-13(10)16)17-6-2-3-9(17)12(14)18/h4-5,9H,2-3,6-8H2,1H3,(H2,14,18). The highest BCUT2D eigenvalue weighted by atomic mass is 16.5. The Morgan fingerprint density at radius 1 is 1.47 bits per heavy atom. The fourth-order valence-electron chi connectivity index (χ4n) is 2.71. The van der Waals surface area contributed by atoms with Crippen molar-refractivity contribution in [2.45, 2.75) is 18.9 Å². The molecule has 2 N–H and O–H groups in total. The fourth-order valence-corrected chi connectivity index (χ4v) is 2.71. The average molecular weight is 262 g/mol. The molecule has 1 aromatic rings. The van der Waals surface area contributed by atoms with E-state index in [1.807, 2.05) is 24.1 Å². The minimum atomic E-state index is -0.276. The number of primary amides is 1. The lowest BCUT2D eigenvalue weighted by Gasteiger charge is -2.29. The fraction of sp³-hybridized carbons (Fsp3) is 0.538. The molecule has 1 amide bonds. The van der Waals surface area contributed by atoms with Crippen molar-refractivity contribution >= 4 is 17.5 Å². The van der Waals surface area contributed by atoms with Crippen molar-refractivity contribution in [1.82, 2.24) is 4.98 Å². The van der Waals surface area contributed by atoms with Crippen molar-refractivity contribution in [3.63, 3.8) is 0 Å². The molecule has 0 bridgehead atoms. The maximum absolute atomic E-state index is 11.5. The monoisotopic (exact) mass is 262 g/mol. The number of amides is 1. The zero-order chi connectivity index (χ0) is 13.4. The first kappa shape index (κ1) is 12.1. The highest BCUT2D eigenvalue weighted by Crippen LogP contribution is 2.33. The van der Waals surface area contributed by atoms with Crippen LogP contribution in [-0.2, 0) is 4.79 Å². The molecule has 0 aliphatic carbocycles. The number of hydrogen-bond donors (Lipinski definition) is 1. The molecule has 102 valence electrons. The summed E-state index contributed by atoms with van der Waals surface area (Å²) in [7, 11) is 1.99. The van der Waals surface area contributed by atoms with Gasteiger partial charge in [-0.15, -0.1) is 0 Å². The summed E-state index contributed by atoms with van der Waals surface area (Å²) < 4.78 is 5.57. The number of fused-ring (bicyclic) bond motifs is 1. The SMILES string of the molecule is CN1CCOc2ccc(N3CCCC3C(N)=O)nc21. The molecule has 1 unspecified atom stereocenters. The smallest absolute Gasteiger partial charge is 0.240 e. The maximum Gasteiger partial charge on any atom is 0.240 e. The van der Waals surface area contributed by atoms with Gasteiger partial charge in [-0.3, -0.25) is 4.79 Å². The lowest BCUT2D eigenvalue weighted by molar-refractivity contribution is -0.119. The molecule has 2 aliphatic rings. The molecule has 0 saturated carbocycles. The molecule has 19 heavy (non-hydrogen) atoms. The van der Waals surface area contributed by atoms with Gasteiger partial charge in [0.25, 0.3) is 0 Å². The Hall–Kier alpha value is -1.98. The van der Waals surface area contributed by atoms with Crippen molar-refractivity contribution in [3.05, 3.63) is 12.1 Å². The second kappa shape index (κ2) is 4.60. The quantitative estimate of drug-likeness (QED) is 0.833. The second-order valence-corrected chi connectivity index (χ2v) is 5.01. The van der Waals surface area contributed by atoms with E-state index in [4.69, 9.17) is 10.5 Å². The molecule has 2 aliphatic heterocycles. The van der Waals surface area contributed by atoms with E-state index in [2.05, 4.69) is 9.88 Å². The Bertz CT molecular complexity index is 505. The zero-order valence-electron chi connectivity index (χ0n) is 11.0. The number of aromatic nitrogens is 1. The molecule has 0 aromatic carbocycles. The molecule has 0 spiro atoms. The number of likely N-dealkylation sites (N-methyl/N-ethyl adjacent to an activating group) is 1. The number of anilines is 2. The summed E-state index contributed by atoms with van der Waals surface area (Å²) in [6, 6.07) is 3.59. The number of rotatable bonds is 2. The van der Waals surface area contributed by atoms with E-state index in [0.29, 0.717) is 6.61 Å². The second-order valence-electron chi connectivity index (χ2n) is 5.01. The summed E-state index contributed by atoms with van der Waals surface area (Å²) in [4.78, 5) is 20.1. The van der Waals surface area contributed by atoms with Crippen LogP contribution >= 0.6 is 0 Å². The van der Waals surface area contributed by atoms with Crippen LogP contribution in [0.1, 0.15) is 12.8 Å². The van der Waals surface area contributed by atoms with Gasteiger partial charge in [0.1, 0.15) is 18.5 Å². The van der Waals surface area contributed by atoms with E-state index in [9.17, 15) is 4.79 Å². The van der Waals surface area contributed by atoms with Gasteiger partial charge in [0, 0.05) is 13.6 Å². The summed E-state index contributed by atoms with van der Waals surface area (Å²) in [5.74, 6) is 2.16. The predicted molar refractivity (Wildman–Crippen MR) is 72.6 cm³/mol. The number of nitrogens with two attached hydrogens (primary N) is 1. The number of ether oxygens (including phenoxy) is 1. The van der Waals surface area contributed by atoms with Crippen LogP contribution in [0.3, 0.4) is 0 Å². The van der Waals surface area contributed by atoms with E-state index in [1.165, 1.54) is 0 Å². The normalized spacial score (nSPS) is 22.1. The van der Waals surface area contributed by atoms with E-state index in [-0.39, 0.29) is 11.9 Å². The van der Waals surface area contributed by atoms with Gasteiger partial charge < -0.3 is 20.3 Å². The topological polar surface area (TPSA) is 71.7 Å². The van der Waals surface area contributed by atoms with E-state index in [1.54, 1.807) is 0 Å². The van der Waals surface area contributed by atoms with Gasteiger partial charge in [-0.2, -0.15) is 0 Å². The summed E-state index contributed by atoms with van der Waals surface area (Å²) in [6.45, 7) is 2.32. The van der Waals surface area contributed by atoms with Crippen LogP contribution in [0.2, 0.25) is 0 Å². The average Bonchev–Trinajstić information content (AvgIpc) is 2.88. The summed E-state index contributed by atoms with van der Waals surface area (Å²) in [5.41, 5.74) is 5.45. The van der Waals surface area contributed by atoms with Gasteiger partial charge in [-0.1, -0.05) is 0 Å². The van der Waals surface area contributed by atoms with Crippen molar-refractivity contribution < 1.29 is 9.53 Å². The molecule has 1 fully saturated rings. The van der Waals surface area contributed by atoms with Crippen LogP contribution < -0.4 is 20.3 Å². The van der Waals surface area contributed by atoms with Gasteiger partial charge in [-0.25, -0.2) is 4.98 Å². The van der Waals surface area contributed by atoms with Crippen molar-refractivity contribution in [1.29, 1.82) is 0 Å². The third kappa shape index (κ3) is 2.07. The highest BCUT2D eigenvalue weighted by Gasteiger charge is 2.31. The summed E-state index contributed by atoms with van der Waals surface area (Å²) in [5, 5.41) is 0. The first-order chi connectivity index (χ1) is 9.16. The number of nitrogens with zero attached hydrogens (tertiary/aromatic N) is 3. The minimum absolute atomic E-state index is 0.236. The largest absolute Gasteiger partial charge is 0.488 e. The van der Waals surface area contributed by atoms with Crippen LogP contribution in [0.15, 0.2) is 12.1 Å². The van der Waals surface area contributed by atoms with Gasteiger partial charge in [0.15, 0.2) is 11.6 Å². The Morgan fingerprint density at radius 3 is 3.11 bits per heavy atom. The summed E-state index contributed by atoms with van der Waals surface area (Å²) in [6.07, 6.45) is 1.78. The van der Waals surface area contributed by atoms with Crippen LogP contribution in [0, 0.1) is 0 Å². The minimum Gasteiger partial charge on any atom is -0.488 e. The Balaban J connectivity index is 1.93. The molecule has 3 rings (SSSR count). The van der Waals surface area contributed by atoms with Crippen molar-refractivity contribution in [2.24, 2.45) is 5.73 Å². The molecular weight excluding hydrogens is 244 g/mol. The maximum atomic E-state index is 11.5. The Labute approximate surface area is 112 Å². The lowest BCUT2D eigenvalue weighted by Crippen LogP contribution is -2.41. The van der Waals surface area contributed by atoms with Crippen molar-refractivity contribution in [2.75, 3.05) is 36.5 Å². The number of hydrogen-bond acceptors (Lipinski definition) is 5. The van der Waals surface area contributed by atoms with Gasteiger partial charge in [-0.05, 0) is 25.0 Å². The third-order valence-corrected chi connectivity index (χ3v) is 3.75. The summed E-state index contributed by atoms with van der Waals surface area (Å²) >= 11 is 0. The van der Waals surface area contributed by atoms with Gasteiger partial charge in [0.2, 0.25) is 5.91 Å². The molecular formula is C13H18N4O2. The van der Waals surface area contributed by atoms with Crippen molar-refractivity contribution in [3.8, 4) is 5.75 Å². The van der Waals surface area contributed by atoms with Crippen LogP contribution in [-0.4, -0.2) is 43.7 Å². The van der Waals surface area contributed by atoms with Gasteiger partial charge >= 0.3 is 0 Å². The number of carbonyl (C=O) groups excluding carboxylic acids is 1. The molecule has 1 atom stereocenters. The van der Waals surface area contributed by atoms with Crippen LogP contribution in [0.5, 0.6) is 5.75 Å². The number of carbonyl (C=O) groups is 1. The predicted octanol–water partition coefficient (Wildman–Crippen LogP) is 0.364. The molecule has 6 nitrogen and oxygen atoms in total. The molecule has 6 heteroatoms. The molecule has 1 aromatic heterocycles. The zero-order valence-corrected chi connectivity index (χ0v) is 11.0. The molecule has 1 saturated heterocycles. The Morgan fingerprint density at radius 2 is 2.32 bits per heavy atom. The van der Waals surface area contributed by atoms with Gasteiger partial charge in [0.05, 0.1) is 6.54 Å².